The standard InChI is InChI=1S/C15H14N2.CCl2O/c1-12-14-9-5-6-10-15(14)17(16-12)11-13-7-3-2-4-8-13;2-1(3)4/h2-10H,11H2,1H3;. The lowest BCUT2D eigenvalue weighted by Crippen LogP contribution is -2.01. The summed E-state index contributed by atoms with van der Waals surface area (Å²) in [5, 5.41) is 5.84. The van der Waals surface area contributed by atoms with Gasteiger partial charge >= 0.3 is 4.70 Å². The van der Waals surface area contributed by atoms with E-state index in [1.807, 2.05) is 6.07 Å². The van der Waals surface area contributed by atoms with Crippen molar-refractivity contribution in [1.82, 2.24) is 9.78 Å². The van der Waals surface area contributed by atoms with Crippen LogP contribution in [0.2, 0.25) is 0 Å². The quantitative estimate of drug-likeness (QED) is 0.624. The van der Waals surface area contributed by atoms with Gasteiger partial charge in [-0.3, -0.25) is 9.48 Å². The lowest BCUT2D eigenvalue weighted by Gasteiger charge is -2.03. The molecule has 3 nitrogen and oxygen atoms in total. The number of hydrogen-bond acceptors (Lipinski definition) is 2. The molecule has 0 spiro atoms. The van der Waals surface area contributed by atoms with Gasteiger partial charge in [0.15, 0.2) is 0 Å². The summed E-state index contributed by atoms with van der Waals surface area (Å²) in [6.07, 6.45) is 0. The zero-order valence-electron chi connectivity index (χ0n) is 11.5. The molecule has 1 aromatic heterocycles. The maximum Gasteiger partial charge on any atom is 0.313 e. The Kier molecular flexibility index (Phi) is 5.37. The molecule has 5 heteroatoms. The van der Waals surface area contributed by atoms with Crippen molar-refractivity contribution in [3.05, 3.63) is 65.9 Å². The lowest BCUT2D eigenvalue weighted by atomic mass is 10.2. The third-order valence-corrected chi connectivity index (χ3v) is 3.02. The van der Waals surface area contributed by atoms with E-state index in [0.717, 1.165) is 12.2 Å². The minimum absolute atomic E-state index is 0.829. The lowest BCUT2D eigenvalue weighted by molar-refractivity contribution is 0.275. The summed E-state index contributed by atoms with van der Waals surface area (Å²) in [7, 11) is 0. The van der Waals surface area contributed by atoms with Crippen LogP contribution in [-0.2, 0) is 6.54 Å². The van der Waals surface area contributed by atoms with Crippen LogP contribution in [0.25, 0.3) is 10.9 Å². The van der Waals surface area contributed by atoms with E-state index < -0.39 is 4.70 Å². The van der Waals surface area contributed by atoms with Gasteiger partial charge in [0, 0.05) is 5.39 Å². The van der Waals surface area contributed by atoms with E-state index >= 15 is 0 Å². The van der Waals surface area contributed by atoms with Gasteiger partial charge in [-0.1, -0.05) is 48.5 Å². The van der Waals surface area contributed by atoms with Gasteiger partial charge in [-0.2, -0.15) is 5.10 Å². The molecular formula is C16H14Cl2N2O. The first-order valence-electron chi connectivity index (χ1n) is 6.39. The smallest absolute Gasteiger partial charge is 0.262 e. The van der Waals surface area contributed by atoms with E-state index in [2.05, 4.69) is 88.4 Å². The molecule has 3 aromatic rings. The fourth-order valence-electron chi connectivity index (χ4n) is 2.17. The van der Waals surface area contributed by atoms with Crippen LogP contribution in [0, 0.1) is 6.92 Å². The third kappa shape index (κ3) is 4.31. The molecule has 2 aromatic carbocycles. The van der Waals surface area contributed by atoms with Crippen molar-refractivity contribution in [2.45, 2.75) is 13.5 Å². The zero-order chi connectivity index (χ0) is 15.2. The second kappa shape index (κ2) is 7.25. The molecule has 1 heterocycles. The molecule has 0 atom stereocenters. The van der Waals surface area contributed by atoms with E-state index in [1.54, 1.807) is 0 Å². The number of aromatic nitrogens is 2. The van der Waals surface area contributed by atoms with E-state index in [-0.39, 0.29) is 0 Å². The van der Waals surface area contributed by atoms with Gasteiger partial charge in [0.1, 0.15) is 0 Å². The van der Waals surface area contributed by atoms with Crippen LogP contribution in [0.3, 0.4) is 0 Å². The number of carbonyl (C=O) groups is 1. The molecule has 0 bridgehead atoms. The number of carbonyl (C=O) groups excluding carboxylic acids is 1. The number of nitrogens with zero attached hydrogens (tertiary/aromatic N) is 2. The molecule has 0 aliphatic heterocycles. The van der Waals surface area contributed by atoms with Gasteiger partial charge in [0.05, 0.1) is 17.8 Å². The molecule has 21 heavy (non-hydrogen) atoms. The first kappa shape index (κ1) is 15.5. The van der Waals surface area contributed by atoms with Gasteiger partial charge < -0.3 is 0 Å². The summed E-state index contributed by atoms with van der Waals surface area (Å²) < 4.78 is 1.18. The molecule has 0 saturated heterocycles. The zero-order valence-corrected chi connectivity index (χ0v) is 13.0. The van der Waals surface area contributed by atoms with Crippen molar-refractivity contribution < 1.29 is 4.79 Å². The normalized spacial score (nSPS) is 10.0. The number of hydrogen-bond donors (Lipinski definition) is 0. The molecule has 0 radical (unpaired) electrons. The Morgan fingerprint density at radius 2 is 1.62 bits per heavy atom. The average Bonchev–Trinajstić information content (AvgIpc) is 2.77. The van der Waals surface area contributed by atoms with Crippen LogP contribution in [0.1, 0.15) is 11.3 Å². The topological polar surface area (TPSA) is 34.9 Å². The third-order valence-electron chi connectivity index (χ3n) is 3.02. The van der Waals surface area contributed by atoms with Crippen molar-refractivity contribution in [1.29, 1.82) is 0 Å². The Hall–Kier alpha value is -1.84. The molecular weight excluding hydrogens is 307 g/mol. The number of rotatable bonds is 2. The summed E-state index contributed by atoms with van der Waals surface area (Å²) in [4.78, 5) is 8.98. The van der Waals surface area contributed by atoms with Crippen LogP contribution >= 0.6 is 23.2 Å². The van der Waals surface area contributed by atoms with E-state index in [0.29, 0.717) is 0 Å². The fraction of sp³-hybridized carbons (Fsp3) is 0.125. The summed E-state index contributed by atoms with van der Waals surface area (Å²) in [6, 6.07) is 18.8. The highest BCUT2D eigenvalue weighted by atomic mass is 35.5. The van der Waals surface area contributed by atoms with E-state index in [9.17, 15) is 0 Å². The maximum atomic E-state index is 8.98. The highest BCUT2D eigenvalue weighted by Crippen LogP contribution is 2.18. The molecule has 108 valence electrons. The molecule has 0 aliphatic carbocycles. The monoisotopic (exact) mass is 320 g/mol. The second-order valence-corrected chi connectivity index (χ2v) is 5.35. The average molecular weight is 321 g/mol. The highest BCUT2D eigenvalue weighted by Gasteiger charge is 2.06. The summed E-state index contributed by atoms with van der Waals surface area (Å²) >= 11 is 8.80. The molecule has 0 aliphatic rings. The van der Waals surface area contributed by atoms with Crippen LogP contribution in [0.4, 0.5) is 4.79 Å². The van der Waals surface area contributed by atoms with Gasteiger partial charge in [-0.15, -0.1) is 0 Å². The summed E-state index contributed by atoms with van der Waals surface area (Å²) in [6.45, 7) is 2.89. The highest BCUT2D eigenvalue weighted by molar-refractivity contribution is 6.93. The van der Waals surface area contributed by atoms with Crippen molar-refractivity contribution in [2.24, 2.45) is 0 Å². The van der Waals surface area contributed by atoms with Gasteiger partial charge in [-0.05, 0) is 41.8 Å². The van der Waals surface area contributed by atoms with Crippen molar-refractivity contribution in [3.8, 4) is 0 Å². The Bertz CT molecular complexity index is 734. The van der Waals surface area contributed by atoms with Crippen molar-refractivity contribution in [2.75, 3.05) is 0 Å². The Morgan fingerprint density at radius 1 is 1.05 bits per heavy atom. The number of fused-ring (bicyclic) bond motifs is 1. The Balaban J connectivity index is 0.000000361. The van der Waals surface area contributed by atoms with Crippen LogP contribution in [0.15, 0.2) is 54.6 Å². The van der Waals surface area contributed by atoms with Crippen molar-refractivity contribution in [3.63, 3.8) is 0 Å². The van der Waals surface area contributed by atoms with Gasteiger partial charge in [0.2, 0.25) is 0 Å². The largest absolute Gasteiger partial charge is 0.313 e. The number of benzene rings is 2. The van der Waals surface area contributed by atoms with Crippen LogP contribution in [0.5, 0.6) is 0 Å². The first-order chi connectivity index (χ1) is 10.1. The Morgan fingerprint density at radius 3 is 2.29 bits per heavy atom. The number of halogens is 2. The van der Waals surface area contributed by atoms with Gasteiger partial charge in [0.25, 0.3) is 0 Å². The second-order valence-electron chi connectivity index (χ2n) is 4.47. The molecule has 0 saturated carbocycles. The molecule has 0 N–H and O–H groups in total. The minimum Gasteiger partial charge on any atom is -0.262 e. The summed E-state index contributed by atoms with van der Waals surface area (Å²) in [5.74, 6) is 0. The van der Waals surface area contributed by atoms with E-state index in [4.69, 9.17) is 4.79 Å². The number of para-hydroxylation sites is 1. The molecule has 0 fully saturated rings. The predicted octanol–water partition coefficient (Wildman–Crippen LogP) is 4.98. The fourth-order valence-corrected chi connectivity index (χ4v) is 2.17. The van der Waals surface area contributed by atoms with Gasteiger partial charge in [-0.25, -0.2) is 0 Å². The van der Waals surface area contributed by atoms with Crippen molar-refractivity contribution >= 4 is 38.8 Å². The maximum absolute atomic E-state index is 8.98. The van der Waals surface area contributed by atoms with Crippen LogP contribution in [-0.4, -0.2) is 14.5 Å². The Labute approximate surface area is 133 Å². The summed E-state index contributed by atoms with van der Waals surface area (Å²) in [5.41, 5.74) is 3.58. The van der Waals surface area contributed by atoms with Crippen LogP contribution < -0.4 is 0 Å². The SMILES string of the molecule is Cc1nn(Cc2ccccc2)c2ccccc12.O=C(Cl)Cl. The number of aryl methyl sites for hydroxylation is 1. The predicted molar refractivity (Wildman–Crippen MR) is 87.1 cm³/mol. The molecule has 0 unspecified atom stereocenters. The first-order valence-corrected chi connectivity index (χ1v) is 7.14. The minimum atomic E-state index is -0.889. The molecule has 0 amide bonds. The molecule has 3 rings (SSSR count). The van der Waals surface area contributed by atoms with E-state index in [1.165, 1.54) is 16.5 Å².